The van der Waals surface area contributed by atoms with Gasteiger partial charge >= 0.3 is 5.97 Å². The molecule has 2 rings (SSSR count). The summed E-state index contributed by atoms with van der Waals surface area (Å²) in [5.74, 6) is -0.220. The third-order valence-corrected chi connectivity index (χ3v) is 5.69. The highest BCUT2D eigenvalue weighted by Gasteiger charge is 2.16. The number of carbonyl (C=O) groups excluding carboxylic acids is 2. The maximum Gasteiger partial charge on any atom is 0.316 e. The fraction of sp³-hybridized carbons (Fsp3) is 0.750. The first-order valence-electron chi connectivity index (χ1n) is 8.68. The number of hydrogen-bond donors (Lipinski definition) is 2. The van der Waals surface area contributed by atoms with Crippen molar-refractivity contribution in [3.8, 4) is 0 Å². The number of nitrogens with one attached hydrogen (secondary N) is 2. The van der Waals surface area contributed by atoms with Gasteiger partial charge in [-0.25, -0.2) is 0 Å². The number of hydrogen-bond acceptors (Lipinski definition) is 8. The van der Waals surface area contributed by atoms with Crippen molar-refractivity contribution in [2.45, 2.75) is 56.3 Å². The lowest BCUT2D eigenvalue weighted by Gasteiger charge is -2.21. The summed E-state index contributed by atoms with van der Waals surface area (Å²) in [7, 11) is 0. The molecule has 1 aromatic heterocycles. The predicted octanol–water partition coefficient (Wildman–Crippen LogP) is 2.69. The number of thioether (sulfide) groups is 1. The van der Waals surface area contributed by atoms with Crippen LogP contribution in [0.15, 0.2) is 4.34 Å². The van der Waals surface area contributed by atoms with Gasteiger partial charge in [0.05, 0.1) is 5.75 Å². The SMILES string of the molecule is CC(C)CNC(=O)COC(=O)CSc1nnc(NC2CCCCC2)s1. The Bertz CT molecular complexity index is 559. The lowest BCUT2D eigenvalue weighted by Crippen LogP contribution is -2.31. The molecule has 25 heavy (non-hydrogen) atoms. The van der Waals surface area contributed by atoms with Gasteiger partial charge in [-0.05, 0) is 18.8 Å². The van der Waals surface area contributed by atoms with Crippen LogP contribution in [0.1, 0.15) is 46.0 Å². The molecule has 1 aliphatic carbocycles. The predicted molar refractivity (Wildman–Crippen MR) is 99.9 cm³/mol. The summed E-state index contributed by atoms with van der Waals surface area (Å²) in [6.45, 7) is 4.34. The summed E-state index contributed by atoms with van der Waals surface area (Å²) < 4.78 is 5.68. The van der Waals surface area contributed by atoms with Crippen molar-refractivity contribution >= 4 is 40.1 Å². The van der Waals surface area contributed by atoms with E-state index in [1.807, 2.05) is 13.8 Å². The van der Waals surface area contributed by atoms with Crippen molar-refractivity contribution in [1.82, 2.24) is 15.5 Å². The summed E-state index contributed by atoms with van der Waals surface area (Å²) >= 11 is 2.73. The van der Waals surface area contributed by atoms with Crippen molar-refractivity contribution < 1.29 is 14.3 Å². The van der Waals surface area contributed by atoms with Crippen LogP contribution < -0.4 is 10.6 Å². The number of anilines is 1. The topological polar surface area (TPSA) is 93.2 Å². The van der Waals surface area contributed by atoms with Crippen LogP contribution >= 0.6 is 23.1 Å². The van der Waals surface area contributed by atoms with Gasteiger partial charge in [-0.15, -0.1) is 10.2 Å². The maximum atomic E-state index is 11.7. The number of nitrogens with zero attached hydrogens (tertiary/aromatic N) is 2. The van der Waals surface area contributed by atoms with E-state index in [1.165, 1.54) is 55.2 Å². The van der Waals surface area contributed by atoms with Crippen LogP contribution in [0.2, 0.25) is 0 Å². The highest BCUT2D eigenvalue weighted by atomic mass is 32.2. The van der Waals surface area contributed by atoms with Crippen molar-refractivity contribution in [2.24, 2.45) is 5.92 Å². The zero-order valence-corrected chi connectivity index (χ0v) is 16.4. The monoisotopic (exact) mass is 386 g/mol. The number of amides is 1. The van der Waals surface area contributed by atoms with Gasteiger partial charge in [-0.1, -0.05) is 56.2 Å². The summed E-state index contributed by atoms with van der Waals surface area (Å²) in [5.41, 5.74) is 0. The van der Waals surface area contributed by atoms with Crippen LogP contribution in [-0.2, 0) is 14.3 Å². The fourth-order valence-corrected chi connectivity index (χ4v) is 4.05. The molecule has 2 N–H and O–H groups in total. The number of rotatable bonds is 9. The molecule has 1 amide bonds. The minimum atomic E-state index is -0.429. The molecule has 0 saturated heterocycles. The van der Waals surface area contributed by atoms with E-state index in [-0.39, 0.29) is 18.3 Å². The molecule has 1 aromatic rings. The molecule has 1 heterocycles. The van der Waals surface area contributed by atoms with Crippen LogP contribution in [0, 0.1) is 5.92 Å². The van der Waals surface area contributed by atoms with Crippen molar-refractivity contribution in [1.29, 1.82) is 0 Å². The Kier molecular flexibility index (Phi) is 8.47. The third-order valence-electron chi connectivity index (χ3n) is 3.72. The molecule has 0 bridgehead atoms. The van der Waals surface area contributed by atoms with Crippen LogP contribution in [0.4, 0.5) is 5.13 Å². The standard InChI is InChI=1S/C16H26N4O3S2/c1-11(2)8-17-13(21)9-23-14(22)10-24-16-20-19-15(25-16)18-12-6-4-3-5-7-12/h11-12H,3-10H2,1-2H3,(H,17,21)(H,18,19). The van der Waals surface area contributed by atoms with Gasteiger partial charge in [0.25, 0.3) is 5.91 Å². The lowest BCUT2D eigenvalue weighted by molar-refractivity contribution is -0.145. The van der Waals surface area contributed by atoms with E-state index in [1.54, 1.807) is 0 Å². The first kappa shape index (κ1) is 20.0. The van der Waals surface area contributed by atoms with Crippen molar-refractivity contribution in [3.63, 3.8) is 0 Å². The molecule has 1 fully saturated rings. The quantitative estimate of drug-likeness (QED) is 0.498. The number of carbonyl (C=O) groups is 2. The molecular weight excluding hydrogens is 360 g/mol. The summed E-state index contributed by atoms with van der Waals surface area (Å²) in [6.07, 6.45) is 6.18. The van der Waals surface area contributed by atoms with E-state index >= 15 is 0 Å². The van der Waals surface area contributed by atoms with Gasteiger partial charge in [0.15, 0.2) is 10.9 Å². The molecule has 0 spiro atoms. The minimum absolute atomic E-state index is 0.121. The van der Waals surface area contributed by atoms with Crippen LogP contribution in [-0.4, -0.2) is 47.0 Å². The van der Waals surface area contributed by atoms with E-state index in [9.17, 15) is 9.59 Å². The van der Waals surface area contributed by atoms with Crippen molar-refractivity contribution in [2.75, 3.05) is 24.2 Å². The molecule has 0 aliphatic heterocycles. The zero-order valence-electron chi connectivity index (χ0n) is 14.7. The van der Waals surface area contributed by atoms with Gasteiger partial charge < -0.3 is 15.4 Å². The van der Waals surface area contributed by atoms with E-state index in [4.69, 9.17) is 4.74 Å². The fourth-order valence-electron chi connectivity index (χ4n) is 2.43. The normalized spacial score (nSPS) is 15.2. The average Bonchev–Trinajstić information content (AvgIpc) is 3.04. The molecule has 7 nitrogen and oxygen atoms in total. The van der Waals surface area contributed by atoms with Gasteiger partial charge in [-0.3, -0.25) is 9.59 Å². The first-order chi connectivity index (χ1) is 12.0. The molecule has 9 heteroatoms. The lowest BCUT2D eigenvalue weighted by atomic mass is 9.96. The number of ether oxygens (including phenoxy) is 1. The third kappa shape index (κ3) is 8.04. The number of aromatic nitrogens is 2. The summed E-state index contributed by atoms with van der Waals surface area (Å²) in [5, 5.41) is 15.1. The van der Waals surface area contributed by atoms with Gasteiger partial charge in [-0.2, -0.15) is 0 Å². The smallest absolute Gasteiger partial charge is 0.316 e. The van der Waals surface area contributed by atoms with Gasteiger partial charge in [0.1, 0.15) is 0 Å². The highest BCUT2D eigenvalue weighted by Crippen LogP contribution is 2.28. The second-order valence-corrected chi connectivity index (χ2v) is 8.70. The summed E-state index contributed by atoms with van der Waals surface area (Å²) in [6, 6.07) is 0.480. The number of esters is 1. The van der Waals surface area contributed by atoms with E-state index in [0.29, 0.717) is 18.5 Å². The highest BCUT2D eigenvalue weighted by molar-refractivity contribution is 8.01. The maximum absolute atomic E-state index is 11.7. The molecule has 0 aromatic carbocycles. The Hall–Kier alpha value is -1.35. The minimum Gasteiger partial charge on any atom is -0.455 e. The molecule has 0 unspecified atom stereocenters. The Morgan fingerprint density at radius 2 is 2.04 bits per heavy atom. The molecular formula is C16H26N4O3S2. The average molecular weight is 387 g/mol. The van der Waals surface area contributed by atoms with Gasteiger partial charge in [0, 0.05) is 12.6 Å². The molecule has 0 atom stereocenters. The van der Waals surface area contributed by atoms with E-state index in [2.05, 4.69) is 20.8 Å². The Balaban J connectivity index is 1.63. The molecule has 140 valence electrons. The first-order valence-corrected chi connectivity index (χ1v) is 10.5. The second kappa shape index (κ2) is 10.6. The Labute approximate surface area is 156 Å². The van der Waals surface area contributed by atoms with Crippen molar-refractivity contribution in [3.05, 3.63) is 0 Å². The van der Waals surface area contributed by atoms with Gasteiger partial charge in [0.2, 0.25) is 5.13 Å². The van der Waals surface area contributed by atoms with E-state index < -0.39 is 5.97 Å². The Morgan fingerprint density at radius 3 is 2.76 bits per heavy atom. The molecule has 1 aliphatic rings. The second-order valence-electron chi connectivity index (χ2n) is 6.50. The largest absolute Gasteiger partial charge is 0.455 e. The van der Waals surface area contributed by atoms with Crippen LogP contribution in [0.5, 0.6) is 0 Å². The molecule has 0 radical (unpaired) electrons. The molecule has 1 saturated carbocycles. The Morgan fingerprint density at radius 1 is 1.28 bits per heavy atom. The van der Waals surface area contributed by atoms with Crippen LogP contribution in [0.3, 0.4) is 0 Å². The summed E-state index contributed by atoms with van der Waals surface area (Å²) in [4.78, 5) is 23.2. The van der Waals surface area contributed by atoms with Crippen LogP contribution in [0.25, 0.3) is 0 Å². The van der Waals surface area contributed by atoms with E-state index in [0.717, 1.165) is 9.47 Å². The zero-order chi connectivity index (χ0) is 18.1.